The Morgan fingerprint density at radius 1 is 1.22 bits per heavy atom. The first-order valence-corrected chi connectivity index (χ1v) is 10.4. The van der Waals surface area contributed by atoms with Gasteiger partial charge in [-0.15, -0.1) is 24.0 Å². The Hall–Kier alpha value is -0.670. The molecular formula is C20H34IN3O2S. The molecular weight excluding hydrogens is 473 g/mol. The van der Waals surface area contributed by atoms with Gasteiger partial charge in [0, 0.05) is 43.7 Å². The van der Waals surface area contributed by atoms with E-state index in [-0.39, 0.29) is 34.3 Å². The fourth-order valence-corrected chi connectivity index (χ4v) is 3.71. The largest absolute Gasteiger partial charge is 0.488 e. The molecule has 154 valence electrons. The maximum atomic E-state index is 6.07. The Morgan fingerprint density at radius 3 is 2.48 bits per heavy atom. The summed E-state index contributed by atoms with van der Waals surface area (Å²) in [4.78, 5) is 4.37. The van der Waals surface area contributed by atoms with Gasteiger partial charge < -0.3 is 20.1 Å². The Labute approximate surface area is 185 Å². The summed E-state index contributed by atoms with van der Waals surface area (Å²) in [6.07, 6.45) is 4.32. The molecule has 2 rings (SSSR count). The van der Waals surface area contributed by atoms with Crippen molar-refractivity contribution in [2.24, 2.45) is 4.99 Å². The summed E-state index contributed by atoms with van der Waals surface area (Å²) in [5.41, 5.74) is 0.903. The van der Waals surface area contributed by atoms with Crippen LogP contribution < -0.4 is 15.4 Å². The van der Waals surface area contributed by atoms with E-state index in [9.17, 15) is 0 Å². The molecule has 1 aliphatic heterocycles. The van der Waals surface area contributed by atoms with Crippen LogP contribution in [-0.4, -0.2) is 49.4 Å². The van der Waals surface area contributed by atoms with Crippen LogP contribution in [0.4, 0.5) is 0 Å². The van der Waals surface area contributed by atoms with E-state index >= 15 is 0 Å². The van der Waals surface area contributed by atoms with Gasteiger partial charge in [0.25, 0.3) is 0 Å². The number of rotatable bonds is 6. The zero-order chi connectivity index (χ0) is 19.0. The van der Waals surface area contributed by atoms with Crippen LogP contribution in [0.25, 0.3) is 0 Å². The molecule has 5 nitrogen and oxygen atoms in total. The standard InChI is InChI=1S/C20H33N3O2S.HI/c1-19(2,3)25-17-9-7-6-8-16(17)14-22-18(21-4)23-15-20(26-5)10-12-24-13-11-20;/h6-9H,10-15H2,1-5H3,(H2,21,22,23);1H. The van der Waals surface area contributed by atoms with Crippen molar-refractivity contribution in [1.82, 2.24) is 10.6 Å². The molecule has 1 saturated heterocycles. The number of nitrogens with one attached hydrogen (secondary N) is 2. The lowest BCUT2D eigenvalue weighted by atomic mass is 9.99. The van der Waals surface area contributed by atoms with Gasteiger partial charge in [0.05, 0.1) is 0 Å². The first-order valence-electron chi connectivity index (χ1n) is 9.22. The number of thioether (sulfide) groups is 1. The minimum absolute atomic E-state index is 0. The van der Waals surface area contributed by atoms with Crippen LogP contribution in [0.3, 0.4) is 0 Å². The number of hydrogen-bond donors (Lipinski definition) is 2. The van der Waals surface area contributed by atoms with Gasteiger partial charge in [-0.25, -0.2) is 0 Å². The summed E-state index contributed by atoms with van der Waals surface area (Å²) in [5.74, 6) is 1.73. The lowest BCUT2D eigenvalue weighted by molar-refractivity contribution is 0.0783. The number of hydrogen-bond acceptors (Lipinski definition) is 4. The molecule has 1 aromatic rings. The second kappa shape index (κ2) is 11.4. The molecule has 0 aromatic heterocycles. The molecule has 0 bridgehead atoms. The number of nitrogens with zero attached hydrogens (tertiary/aromatic N) is 1. The van der Waals surface area contributed by atoms with E-state index in [0.717, 1.165) is 49.9 Å². The topological polar surface area (TPSA) is 54.9 Å². The molecule has 0 unspecified atom stereocenters. The molecule has 0 radical (unpaired) electrons. The fraction of sp³-hybridized carbons (Fsp3) is 0.650. The SMILES string of the molecule is CN=C(NCc1ccccc1OC(C)(C)C)NCC1(SC)CCOCC1.I. The van der Waals surface area contributed by atoms with Crippen molar-refractivity contribution in [3.05, 3.63) is 29.8 Å². The number of benzene rings is 1. The van der Waals surface area contributed by atoms with Crippen LogP contribution in [0, 0.1) is 0 Å². The summed E-state index contributed by atoms with van der Waals surface area (Å²) >= 11 is 1.92. The summed E-state index contributed by atoms with van der Waals surface area (Å²) < 4.78 is 11.8. The van der Waals surface area contributed by atoms with Gasteiger partial charge in [-0.3, -0.25) is 4.99 Å². The van der Waals surface area contributed by atoms with E-state index in [0.29, 0.717) is 6.54 Å². The van der Waals surface area contributed by atoms with E-state index in [1.165, 1.54) is 0 Å². The molecule has 0 saturated carbocycles. The smallest absolute Gasteiger partial charge is 0.191 e. The average molecular weight is 507 g/mol. The fourth-order valence-electron chi connectivity index (χ4n) is 2.92. The summed E-state index contributed by atoms with van der Waals surface area (Å²) in [5, 5.41) is 6.90. The van der Waals surface area contributed by atoms with Crippen LogP contribution in [0.2, 0.25) is 0 Å². The van der Waals surface area contributed by atoms with Crippen molar-refractivity contribution in [3.8, 4) is 5.75 Å². The summed E-state index contributed by atoms with van der Waals surface area (Å²) in [6.45, 7) is 9.42. The monoisotopic (exact) mass is 507 g/mol. The maximum Gasteiger partial charge on any atom is 0.191 e. The quantitative estimate of drug-likeness (QED) is 0.346. The predicted octanol–water partition coefficient (Wildman–Crippen LogP) is 4.06. The van der Waals surface area contributed by atoms with Gasteiger partial charge in [-0.05, 0) is 45.9 Å². The van der Waals surface area contributed by atoms with E-state index < -0.39 is 0 Å². The predicted molar refractivity (Wildman–Crippen MR) is 127 cm³/mol. The number of para-hydroxylation sites is 1. The van der Waals surface area contributed by atoms with Crippen LogP contribution in [0.5, 0.6) is 5.75 Å². The Bertz CT molecular complexity index is 599. The molecule has 2 N–H and O–H groups in total. The first kappa shape index (κ1) is 24.4. The molecule has 1 aromatic carbocycles. The summed E-state index contributed by atoms with van der Waals surface area (Å²) in [7, 11) is 1.81. The van der Waals surface area contributed by atoms with Gasteiger partial charge in [0.1, 0.15) is 11.4 Å². The number of ether oxygens (including phenoxy) is 2. The zero-order valence-electron chi connectivity index (χ0n) is 17.1. The maximum absolute atomic E-state index is 6.07. The third-order valence-electron chi connectivity index (χ3n) is 4.47. The van der Waals surface area contributed by atoms with E-state index in [1.807, 2.05) is 37.0 Å². The minimum Gasteiger partial charge on any atom is -0.488 e. The second-order valence-corrected chi connectivity index (χ2v) is 8.88. The van der Waals surface area contributed by atoms with Crippen molar-refractivity contribution in [1.29, 1.82) is 0 Å². The minimum atomic E-state index is -0.218. The van der Waals surface area contributed by atoms with Gasteiger partial charge in [-0.2, -0.15) is 11.8 Å². The van der Waals surface area contributed by atoms with Gasteiger partial charge >= 0.3 is 0 Å². The molecule has 27 heavy (non-hydrogen) atoms. The summed E-state index contributed by atoms with van der Waals surface area (Å²) in [6, 6.07) is 8.14. The Morgan fingerprint density at radius 2 is 1.89 bits per heavy atom. The number of guanidine groups is 1. The average Bonchev–Trinajstić information content (AvgIpc) is 2.62. The highest BCUT2D eigenvalue weighted by Gasteiger charge is 2.31. The van der Waals surface area contributed by atoms with E-state index in [4.69, 9.17) is 9.47 Å². The van der Waals surface area contributed by atoms with Crippen molar-refractivity contribution in [2.45, 2.75) is 50.5 Å². The van der Waals surface area contributed by atoms with E-state index in [2.05, 4.69) is 48.7 Å². The highest BCUT2D eigenvalue weighted by molar-refractivity contribution is 14.0. The third-order valence-corrected chi connectivity index (χ3v) is 5.89. The van der Waals surface area contributed by atoms with Crippen molar-refractivity contribution < 1.29 is 9.47 Å². The number of halogens is 1. The molecule has 7 heteroatoms. The van der Waals surface area contributed by atoms with Crippen molar-refractivity contribution >= 4 is 41.7 Å². The molecule has 1 aliphatic rings. The van der Waals surface area contributed by atoms with Crippen LogP contribution in [0.15, 0.2) is 29.3 Å². The van der Waals surface area contributed by atoms with Crippen molar-refractivity contribution in [2.75, 3.05) is 33.1 Å². The van der Waals surface area contributed by atoms with Gasteiger partial charge in [0.15, 0.2) is 5.96 Å². The Kier molecular flexibility index (Phi) is 10.3. The molecule has 0 spiro atoms. The van der Waals surface area contributed by atoms with Gasteiger partial charge in [0.2, 0.25) is 0 Å². The van der Waals surface area contributed by atoms with Crippen molar-refractivity contribution in [3.63, 3.8) is 0 Å². The second-order valence-electron chi connectivity index (χ2n) is 7.60. The van der Waals surface area contributed by atoms with E-state index in [1.54, 1.807) is 0 Å². The van der Waals surface area contributed by atoms with Gasteiger partial charge in [-0.1, -0.05) is 18.2 Å². The highest BCUT2D eigenvalue weighted by Crippen LogP contribution is 2.33. The molecule has 1 heterocycles. The number of aliphatic imine (C=N–C) groups is 1. The highest BCUT2D eigenvalue weighted by atomic mass is 127. The van der Waals surface area contributed by atoms with Crippen LogP contribution >= 0.6 is 35.7 Å². The third kappa shape index (κ3) is 8.07. The lowest BCUT2D eigenvalue weighted by Gasteiger charge is -2.36. The van der Waals surface area contributed by atoms with Crippen LogP contribution in [0.1, 0.15) is 39.2 Å². The molecule has 0 amide bonds. The first-order chi connectivity index (χ1) is 12.4. The zero-order valence-corrected chi connectivity index (χ0v) is 20.3. The molecule has 0 aliphatic carbocycles. The molecule has 0 atom stereocenters. The lowest BCUT2D eigenvalue weighted by Crippen LogP contribution is -2.47. The molecule has 1 fully saturated rings. The normalized spacial score (nSPS) is 17.0. The van der Waals surface area contributed by atoms with Crippen LogP contribution in [-0.2, 0) is 11.3 Å². The Balaban J connectivity index is 0.00000364.